The molecular weight excluding hydrogens is 363 g/mol. The van der Waals surface area contributed by atoms with Gasteiger partial charge in [0.15, 0.2) is 17.5 Å². The Hall–Kier alpha value is -2.78. The summed E-state index contributed by atoms with van der Waals surface area (Å²) in [4.78, 5) is 26.6. The highest BCUT2D eigenvalue weighted by Crippen LogP contribution is 2.28. The number of carbonyl (C=O) groups is 1. The molecule has 3 aromatic rings. The lowest BCUT2D eigenvalue weighted by molar-refractivity contribution is -0.138. The number of nitrogens with one attached hydrogen (secondary N) is 2. The fourth-order valence-electron chi connectivity index (χ4n) is 2.51. The van der Waals surface area contributed by atoms with Crippen LogP contribution in [0.15, 0.2) is 24.7 Å². The minimum absolute atomic E-state index is 0.191. The highest BCUT2D eigenvalue weighted by atomic mass is 35.5. The third-order valence-electron chi connectivity index (χ3n) is 3.79. The van der Waals surface area contributed by atoms with Crippen LogP contribution in [0.2, 0.25) is 5.02 Å². The van der Waals surface area contributed by atoms with Gasteiger partial charge in [-0.05, 0) is 25.5 Å². The van der Waals surface area contributed by atoms with Gasteiger partial charge in [-0.1, -0.05) is 11.6 Å². The zero-order chi connectivity index (χ0) is 18.7. The molecule has 0 aromatic carbocycles. The summed E-state index contributed by atoms with van der Waals surface area (Å²) in [6.07, 6.45) is 4.85. The van der Waals surface area contributed by atoms with Gasteiger partial charge in [0, 0.05) is 23.3 Å². The minimum Gasteiger partial charge on any atom is -0.480 e. The number of pyridine rings is 1. The number of nitrogens with zero attached hydrogens (tertiary/aromatic N) is 3. The predicted molar refractivity (Wildman–Crippen MR) is 95.4 cm³/mol. The van der Waals surface area contributed by atoms with Crippen molar-refractivity contribution in [1.82, 2.24) is 19.9 Å². The molecule has 0 aliphatic heterocycles. The van der Waals surface area contributed by atoms with E-state index in [9.17, 15) is 14.3 Å². The van der Waals surface area contributed by atoms with Crippen LogP contribution < -0.4 is 11.1 Å². The lowest BCUT2D eigenvalue weighted by atomic mass is 10.1. The van der Waals surface area contributed by atoms with E-state index in [2.05, 4.69) is 25.3 Å². The van der Waals surface area contributed by atoms with Gasteiger partial charge >= 0.3 is 5.97 Å². The summed E-state index contributed by atoms with van der Waals surface area (Å²) in [6.45, 7) is 0.339. The van der Waals surface area contributed by atoms with E-state index in [1.54, 1.807) is 12.3 Å². The second-order valence-electron chi connectivity index (χ2n) is 5.61. The van der Waals surface area contributed by atoms with Crippen molar-refractivity contribution in [3.63, 3.8) is 0 Å². The van der Waals surface area contributed by atoms with Crippen LogP contribution in [0.1, 0.15) is 12.8 Å². The predicted octanol–water partition coefficient (Wildman–Crippen LogP) is 2.42. The number of hydrogen-bond donors (Lipinski definition) is 4. The highest BCUT2D eigenvalue weighted by molar-refractivity contribution is 6.31. The summed E-state index contributed by atoms with van der Waals surface area (Å²) in [5.74, 6) is -1.83. The average molecular weight is 379 g/mol. The van der Waals surface area contributed by atoms with Gasteiger partial charge in [-0.25, -0.2) is 24.1 Å². The molecule has 0 spiro atoms. The van der Waals surface area contributed by atoms with Crippen molar-refractivity contribution >= 4 is 34.4 Å². The third-order valence-corrected chi connectivity index (χ3v) is 4.00. The first-order chi connectivity index (χ1) is 12.5. The van der Waals surface area contributed by atoms with Crippen molar-refractivity contribution < 1.29 is 14.3 Å². The number of rotatable bonds is 7. The van der Waals surface area contributed by atoms with Crippen molar-refractivity contribution in [1.29, 1.82) is 0 Å². The summed E-state index contributed by atoms with van der Waals surface area (Å²) >= 11 is 5.98. The van der Waals surface area contributed by atoms with Gasteiger partial charge in [0.05, 0.1) is 11.2 Å². The Morgan fingerprint density at radius 2 is 2.23 bits per heavy atom. The number of hydrogen-bond acceptors (Lipinski definition) is 6. The average Bonchev–Trinajstić information content (AvgIpc) is 3.02. The van der Waals surface area contributed by atoms with E-state index < -0.39 is 17.8 Å². The first-order valence-corrected chi connectivity index (χ1v) is 8.22. The molecule has 3 rings (SSSR count). The number of aromatic nitrogens is 4. The summed E-state index contributed by atoms with van der Waals surface area (Å²) in [5.41, 5.74) is 6.57. The SMILES string of the molecule is NCCC[C@H](Nc1nc(-c2c[nH]c3ncc(Cl)cc23)ncc1F)C(=O)O. The maximum atomic E-state index is 14.1. The van der Waals surface area contributed by atoms with E-state index in [0.29, 0.717) is 34.6 Å². The lowest BCUT2D eigenvalue weighted by Gasteiger charge is -2.15. The van der Waals surface area contributed by atoms with Crippen LogP contribution in [0.25, 0.3) is 22.4 Å². The maximum Gasteiger partial charge on any atom is 0.326 e. The molecule has 0 aliphatic carbocycles. The largest absolute Gasteiger partial charge is 0.480 e. The van der Waals surface area contributed by atoms with E-state index in [-0.39, 0.29) is 18.1 Å². The summed E-state index contributed by atoms with van der Waals surface area (Å²) in [7, 11) is 0. The molecule has 5 N–H and O–H groups in total. The molecule has 3 aromatic heterocycles. The smallest absolute Gasteiger partial charge is 0.326 e. The van der Waals surface area contributed by atoms with Gasteiger partial charge in [-0.3, -0.25) is 0 Å². The molecule has 0 saturated carbocycles. The molecule has 136 valence electrons. The summed E-state index contributed by atoms with van der Waals surface area (Å²) < 4.78 is 14.1. The Morgan fingerprint density at radius 3 is 2.96 bits per heavy atom. The van der Waals surface area contributed by atoms with Crippen LogP contribution in [-0.2, 0) is 4.79 Å². The Kier molecular flexibility index (Phi) is 5.29. The molecule has 10 heteroatoms. The van der Waals surface area contributed by atoms with Crippen LogP contribution in [0.4, 0.5) is 10.2 Å². The van der Waals surface area contributed by atoms with Crippen molar-refractivity contribution in [3.8, 4) is 11.4 Å². The Bertz CT molecular complexity index is 948. The molecule has 3 heterocycles. The zero-order valence-electron chi connectivity index (χ0n) is 13.5. The molecule has 0 fully saturated rings. The number of nitrogens with two attached hydrogens (primary N) is 1. The standard InChI is InChI=1S/C16H16ClFN6O2/c17-8-4-9-10(6-21-13(9)20-5-8)14-22-7-11(18)15(24-14)23-12(16(25)26)2-1-3-19/h4-7,12H,1-3,19H2,(H,20,21)(H,25,26)(H,22,23,24)/t12-/m0/s1. The number of H-pyrrole nitrogens is 1. The second-order valence-corrected chi connectivity index (χ2v) is 6.04. The molecule has 0 saturated heterocycles. The van der Waals surface area contributed by atoms with Crippen molar-refractivity contribution in [2.45, 2.75) is 18.9 Å². The highest BCUT2D eigenvalue weighted by Gasteiger charge is 2.20. The van der Waals surface area contributed by atoms with E-state index >= 15 is 0 Å². The number of fused-ring (bicyclic) bond motifs is 1. The monoisotopic (exact) mass is 378 g/mol. The first kappa shape index (κ1) is 18.0. The fourth-order valence-corrected chi connectivity index (χ4v) is 2.66. The number of aromatic amines is 1. The molecule has 0 aliphatic rings. The quantitative estimate of drug-likeness (QED) is 0.496. The Balaban J connectivity index is 1.96. The van der Waals surface area contributed by atoms with Crippen LogP contribution in [0.3, 0.4) is 0 Å². The number of carboxylic acids is 1. The van der Waals surface area contributed by atoms with E-state index in [1.165, 1.54) is 6.20 Å². The fraction of sp³-hybridized carbons (Fsp3) is 0.250. The lowest BCUT2D eigenvalue weighted by Crippen LogP contribution is -2.30. The van der Waals surface area contributed by atoms with Crippen molar-refractivity contribution in [3.05, 3.63) is 35.5 Å². The van der Waals surface area contributed by atoms with Gasteiger partial charge in [0.25, 0.3) is 0 Å². The molecule has 0 amide bonds. The van der Waals surface area contributed by atoms with Crippen LogP contribution in [0, 0.1) is 5.82 Å². The summed E-state index contributed by atoms with van der Waals surface area (Å²) in [5, 5.41) is 13.0. The van der Waals surface area contributed by atoms with Gasteiger partial charge in [0.2, 0.25) is 0 Å². The van der Waals surface area contributed by atoms with Crippen LogP contribution in [-0.4, -0.2) is 43.6 Å². The van der Waals surface area contributed by atoms with Gasteiger partial charge in [0.1, 0.15) is 11.7 Å². The van der Waals surface area contributed by atoms with Gasteiger partial charge in [-0.2, -0.15) is 0 Å². The first-order valence-electron chi connectivity index (χ1n) is 7.84. The summed E-state index contributed by atoms with van der Waals surface area (Å²) in [6, 6.07) is 0.687. The number of carboxylic acid groups (broad SMARTS) is 1. The molecule has 26 heavy (non-hydrogen) atoms. The molecule has 1 atom stereocenters. The number of anilines is 1. The molecule has 8 nitrogen and oxygen atoms in total. The molecule has 0 radical (unpaired) electrons. The van der Waals surface area contributed by atoms with E-state index in [0.717, 1.165) is 6.20 Å². The van der Waals surface area contributed by atoms with Gasteiger partial charge in [-0.15, -0.1) is 0 Å². The van der Waals surface area contributed by atoms with Crippen LogP contribution >= 0.6 is 11.6 Å². The van der Waals surface area contributed by atoms with E-state index in [4.69, 9.17) is 17.3 Å². The zero-order valence-corrected chi connectivity index (χ0v) is 14.3. The molecular formula is C16H16ClFN6O2. The molecule has 0 bridgehead atoms. The Morgan fingerprint density at radius 1 is 1.42 bits per heavy atom. The van der Waals surface area contributed by atoms with Crippen molar-refractivity contribution in [2.24, 2.45) is 5.73 Å². The molecule has 0 unspecified atom stereocenters. The van der Waals surface area contributed by atoms with Gasteiger partial charge < -0.3 is 21.1 Å². The van der Waals surface area contributed by atoms with Crippen molar-refractivity contribution in [2.75, 3.05) is 11.9 Å². The third kappa shape index (κ3) is 3.73. The number of aliphatic carboxylic acids is 1. The normalized spacial score (nSPS) is 12.3. The maximum absolute atomic E-state index is 14.1. The minimum atomic E-state index is -1.11. The van der Waals surface area contributed by atoms with Crippen LogP contribution in [0.5, 0.6) is 0 Å². The number of halogens is 2. The van der Waals surface area contributed by atoms with E-state index in [1.807, 2.05) is 0 Å². The Labute approximate surface area is 152 Å². The second kappa shape index (κ2) is 7.63. The topological polar surface area (TPSA) is 130 Å².